The predicted molar refractivity (Wildman–Crippen MR) is 56.0 cm³/mol. The number of tetrazole rings is 1. The van der Waals surface area contributed by atoms with Gasteiger partial charge in [0.25, 0.3) is 0 Å². The Kier molecular flexibility index (Phi) is 3.27. The van der Waals surface area contributed by atoms with Crippen molar-refractivity contribution in [2.45, 2.75) is 38.9 Å². The first kappa shape index (κ1) is 10.5. The van der Waals surface area contributed by atoms with Crippen LogP contribution in [0.25, 0.3) is 0 Å². The maximum atomic E-state index is 5.85. The van der Waals surface area contributed by atoms with Gasteiger partial charge < -0.3 is 5.73 Å². The fourth-order valence-electron chi connectivity index (χ4n) is 1.93. The van der Waals surface area contributed by atoms with E-state index in [2.05, 4.69) is 27.3 Å². The molecule has 6 heteroatoms. The van der Waals surface area contributed by atoms with Gasteiger partial charge in [-0.25, -0.2) is 4.68 Å². The number of aromatic nitrogens is 4. The van der Waals surface area contributed by atoms with Crippen LogP contribution in [0.5, 0.6) is 0 Å². The van der Waals surface area contributed by atoms with E-state index in [0.717, 1.165) is 44.8 Å². The zero-order valence-corrected chi connectivity index (χ0v) is 9.13. The van der Waals surface area contributed by atoms with Crippen LogP contribution in [0.1, 0.15) is 25.6 Å². The van der Waals surface area contributed by atoms with Crippen LogP contribution < -0.4 is 5.73 Å². The van der Waals surface area contributed by atoms with Crippen molar-refractivity contribution in [3.63, 3.8) is 0 Å². The Morgan fingerprint density at radius 2 is 2.40 bits per heavy atom. The van der Waals surface area contributed by atoms with E-state index >= 15 is 0 Å². The summed E-state index contributed by atoms with van der Waals surface area (Å²) in [5, 5.41) is 11.7. The van der Waals surface area contributed by atoms with E-state index in [-0.39, 0.29) is 0 Å². The van der Waals surface area contributed by atoms with Crippen LogP contribution in [0, 0.1) is 0 Å². The Bertz CT molecular complexity index is 309. The number of nitrogens with zero attached hydrogens (tertiary/aromatic N) is 5. The van der Waals surface area contributed by atoms with E-state index in [1.54, 1.807) is 0 Å². The highest BCUT2D eigenvalue weighted by molar-refractivity contribution is 4.85. The van der Waals surface area contributed by atoms with Gasteiger partial charge >= 0.3 is 0 Å². The average molecular weight is 210 g/mol. The molecule has 15 heavy (non-hydrogen) atoms. The summed E-state index contributed by atoms with van der Waals surface area (Å²) in [4.78, 5) is 2.31. The monoisotopic (exact) mass is 210 g/mol. The molecule has 1 aromatic heterocycles. The molecule has 1 saturated heterocycles. The Hall–Kier alpha value is -1.01. The molecule has 0 bridgehead atoms. The van der Waals surface area contributed by atoms with Gasteiger partial charge in [0.2, 0.25) is 0 Å². The number of hydrogen-bond donors (Lipinski definition) is 1. The molecule has 2 N–H and O–H groups in total. The van der Waals surface area contributed by atoms with Crippen LogP contribution in [0.3, 0.4) is 0 Å². The van der Waals surface area contributed by atoms with Crippen molar-refractivity contribution in [2.24, 2.45) is 5.73 Å². The summed E-state index contributed by atoms with van der Waals surface area (Å²) < 4.78 is 1.88. The Labute approximate surface area is 89.4 Å². The second kappa shape index (κ2) is 4.67. The van der Waals surface area contributed by atoms with Crippen LogP contribution in [0.15, 0.2) is 0 Å². The van der Waals surface area contributed by atoms with Crippen molar-refractivity contribution < 1.29 is 0 Å². The molecule has 6 nitrogen and oxygen atoms in total. The molecule has 1 aliphatic heterocycles. The smallest absolute Gasteiger partial charge is 0.165 e. The summed E-state index contributed by atoms with van der Waals surface area (Å²) in [5.41, 5.74) is 5.85. The summed E-state index contributed by atoms with van der Waals surface area (Å²) in [6.07, 6.45) is 2.13. The third-order valence-electron chi connectivity index (χ3n) is 2.72. The molecule has 0 aromatic carbocycles. The quantitative estimate of drug-likeness (QED) is 0.733. The molecule has 2 heterocycles. The second-order valence-electron chi connectivity index (χ2n) is 4.10. The van der Waals surface area contributed by atoms with E-state index in [4.69, 9.17) is 5.73 Å². The van der Waals surface area contributed by atoms with Crippen molar-refractivity contribution in [1.29, 1.82) is 0 Å². The van der Waals surface area contributed by atoms with E-state index in [1.807, 2.05) is 4.68 Å². The molecule has 0 spiro atoms. The Balaban J connectivity index is 1.95. The maximum absolute atomic E-state index is 5.85. The van der Waals surface area contributed by atoms with Gasteiger partial charge in [-0.05, 0) is 23.3 Å². The number of rotatable bonds is 4. The van der Waals surface area contributed by atoms with Crippen molar-refractivity contribution in [1.82, 2.24) is 25.1 Å². The van der Waals surface area contributed by atoms with Gasteiger partial charge in [-0.1, -0.05) is 6.92 Å². The molecule has 0 amide bonds. The minimum atomic E-state index is 0.320. The van der Waals surface area contributed by atoms with Crippen LogP contribution >= 0.6 is 0 Å². The number of hydrogen-bond acceptors (Lipinski definition) is 5. The number of nitrogens with two attached hydrogens (primary N) is 1. The zero-order valence-electron chi connectivity index (χ0n) is 9.13. The number of aryl methyl sites for hydroxylation is 1. The summed E-state index contributed by atoms with van der Waals surface area (Å²) in [5.74, 6) is 0.950. The minimum absolute atomic E-state index is 0.320. The normalized spacial score (nSPS) is 22.4. The molecular weight excluding hydrogens is 192 g/mol. The van der Waals surface area contributed by atoms with Crippen LogP contribution in [0.2, 0.25) is 0 Å². The highest BCUT2D eigenvalue weighted by Gasteiger charge is 2.20. The maximum Gasteiger partial charge on any atom is 0.165 e. The third kappa shape index (κ3) is 2.51. The van der Waals surface area contributed by atoms with Crippen LogP contribution in [0.4, 0.5) is 0 Å². The summed E-state index contributed by atoms with van der Waals surface area (Å²) in [7, 11) is 0. The summed E-state index contributed by atoms with van der Waals surface area (Å²) >= 11 is 0. The topological polar surface area (TPSA) is 72.9 Å². The molecule has 2 rings (SSSR count). The Morgan fingerprint density at radius 1 is 1.53 bits per heavy atom. The molecular formula is C9H18N6. The van der Waals surface area contributed by atoms with Gasteiger partial charge in [-0.15, -0.1) is 5.10 Å². The zero-order chi connectivity index (χ0) is 10.7. The molecule has 84 valence electrons. The fraction of sp³-hybridized carbons (Fsp3) is 0.889. The van der Waals surface area contributed by atoms with Crippen molar-refractivity contribution in [2.75, 3.05) is 13.1 Å². The summed E-state index contributed by atoms with van der Waals surface area (Å²) in [6, 6.07) is 0.320. The second-order valence-corrected chi connectivity index (χ2v) is 4.10. The highest BCUT2D eigenvalue weighted by Crippen LogP contribution is 2.10. The van der Waals surface area contributed by atoms with Gasteiger partial charge in [-0.2, -0.15) is 0 Å². The fourth-order valence-corrected chi connectivity index (χ4v) is 1.93. The molecule has 0 radical (unpaired) electrons. The third-order valence-corrected chi connectivity index (χ3v) is 2.72. The van der Waals surface area contributed by atoms with E-state index in [0.29, 0.717) is 6.04 Å². The van der Waals surface area contributed by atoms with Gasteiger partial charge in [0.15, 0.2) is 5.82 Å². The molecule has 1 fully saturated rings. The SMILES string of the molecule is CCCn1nnnc1CN1CC[C@@H](N)C1. The molecule has 1 aromatic rings. The average Bonchev–Trinajstić information content (AvgIpc) is 2.78. The summed E-state index contributed by atoms with van der Waals surface area (Å²) in [6.45, 7) is 5.85. The highest BCUT2D eigenvalue weighted by atomic mass is 15.5. The van der Waals surface area contributed by atoms with Crippen molar-refractivity contribution in [3.05, 3.63) is 5.82 Å². The number of likely N-dealkylation sites (tertiary alicyclic amines) is 1. The van der Waals surface area contributed by atoms with Gasteiger partial charge in [0.1, 0.15) is 0 Å². The first-order valence-corrected chi connectivity index (χ1v) is 5.52. The van der Waals surface area contributed by atoms with Crippen LogP contribution in [-0.4, -0.2) is 44.2 Å². The minimum Gasteiger partial charge on any atom is -0.326 e. The molecule has 0 unspecified atom stereocenters. The molecule has 1 aliphatic rings. The lowest BCUT2D eigenvalue weighted by atomic mass is 10.3. The molecule has 0 saturated carbocycles. The molecule has 1 atom stereocenters. The predicted octanol–water partition coefficient (Wildman–Crippen LogP) is -0.384. The Morgan fingerprint density at radius 3 is 3.07 bits per heavy atom. The van der Waals surface area contributed by atoms with E-state index in [9.17, 15) is 0 Å². The lowest BCUT2D eigenvalue weighted by Crippen LogP contribution is -2.27. The molecule has 0 aliphatic carbocycles. The van der Waals surface area contributed by atoms with Gasteiger partial charge in [0, 0.05) is 25.7 Å². The van der Waals surface area contributed by atoms with E-state index in [1.165, 1.54) is 0 Å². The first-order valence-electron chi connectivity index (χ1n) is 5.52. The van der Waals surface area contributed by atoms with Gasteiger partial charge in [0.05, 0.1) is 6.54 Å². The van der Waals surface area contributed by atoms with E-state index < -0.39 is 0 Å². The lowest BCUT2D eigenvalue weighted by molar-refractivity contribution is 0.309. The van der Waals surface area contributed by atoms with Crippen molar-refractivity contribution >= 4 is 0 Å². The lowest BCUT2D eigenvalue weighted by Gasteiger charge is -2.13. The van der Waals surface area contributed by atoms with Crippen LogP contribution in [-0.2, 0) is 13.1 Å². The largest absolute Gasteiger partial charge is 0.326 e. The van der Waals surface area contributed by atoms with Gasteiger partial charge in [-0.3, -0.25) is 4.90 Å². The standard InChI is InChI=1S/C9H18N6/c1-2-4-15-9(11-12-13-15)7-14-5-3-8(10)6-14/h8H,2-7,10H2,1H3/t8-/m1/s1. The van der Waals surface area contributed by atoms with Crippen molar-refractivity contribution in [3.8, 4) is 0 Å². The first-order chi connectivity index (χ1) is 7.29.